The van der Waals surface area contributed by atoms with Crippen molar-refractivity contribution in [3.63, 3.8) is 0 Å². The molecule has 0 spiro atoms. The molecule has 0 aliphatic carbocycles. The lowest BCUT2D eigenvalue weighted by molar-refractivity contribution is -0.116. The SMILES string of the molecule is NCCCCCCC(=O)Nc1ccc(SC(F)F)cc1. The predicted molar refractivity (Wildman–Crippen MR) is 79.1 cm³/mol. The fourth-order valence-electron chi connectivity index (χ4n) is 1.73. The van der Waals surface area contributed by atoms with E-state index in [9.17, 15) is 13.6 Å². The van der Waals surface area contributed by atoms with Crippen molar-refractivity contribution >= 4 is 23.4 Å². The van der Waals surface area contributed by atoms with Gasteiger partial charge in [-0.1, -0.05) is 24.6 Å². The fourth-order valence-corrected chi connectivity index (χ4v) is 2.23. The van der Waals surface area contributed by atoms with Gasteiger partial charge in [0.2, 0.25) is 5.91 Å². The van der Waals surface area contributed by atoms with Crippen LogP contribution >= 0.6 is 11.8 Å². The van der Waals surface area contributed by atoms with Crippen LogP contribution in [0.25, 0.3) is 0 Å². The Morgan fingerprint density at radius 3 is 2.40 bits per heavy atom. The Morgan fingerprint density at radius 1 is 1.15 bits per heavy atom. The van der Waals surface area contributed by atoms with E-state index >= 15 is 0 Å². The number of carbonyl (C=O) groups is 1. The molecule has 6 heteroatoms. The van der Waals surface area contributed by atoms with Crippen molar-refractivity contribution in [3.05, 3.63) is 24.3 Å². The molecule has 20 heavy (non-hydrogen) atoms. The van der Waals surface area contributed by atoms with Crippen molar-refractivity contribution < 1.29 is 13.6 Å². The molecular weight excluding hydrogens is 282 g/mol. The minimum atomic E-state index is -2.43. The zero-order chi connectivity index (χ0) is 14.8. The zero-order valence-electron chi connectivity index (χ0n) is 11.3. The Kier molecular flexibility index (Phi) is 8.22. The molecule has 0 fully saturated rings. The van der Waals surface area contributed by atoms with Gasteiger partial charge in [-0.2, -0.15) is 8.78 Å². The standard InChI is InChI=1S/C14H20F2N2OS/c15-14(16)20-12-8-6-11(7-9-12)18-13(19)5-3-1-2-4-10-17/h6-9,14H,1-5,10,17H2,(H,18,19). The maximum atomic E-state index is 12.1. The lowest BCUT2D eigenvalue weighted by atomic mass is 10.1. The van der Waals surface area contributed by atoms with Gasteiger partial charge >= 0.3 is 0 Å². The number of thioether (sulfide) groups is 1. The van der Waals surface area contributed by atoms with Crippen molar-refractivity contribution in [2.75, 3.05) is 11.9 Å². The highest BCUT2D eigenvalue weighted by molar-refractivity contribution is 7.99. The third kappa shape index (κ3) is 7.45. The largest absolute Gasteiger partial charge is 0.330 e. The first kappa shape index (κ1) is 16.9. The molecule has 1 aromatic carbocycles. The summed E-state index contributed by atoms with van der Waals surface area (Å²) < 4.78 is 24.3. The van der Waals surface area contributed by atoms with E-state index in [0.717, 1.165) is 25.7 Å². The van der Waals surface area contributed by atoms with Crippen molar-refractivity contribution in [1.82, 2.24) is 0 Å². The summed E-state index contributed by atoms with van der Waals surface area (Å²) in [6, 6.07) is 6.43. The summed E-state index contributed by atoms with van der Waals surface area (Å²) in [7, 11) is 0. The quantitative estimate of drug-likeness (QED) is 0.538. The van der Waals surface area contributed by atoms with Gasteiger partial charge in [0.15, 0.2) is 0 Å². The zero-order valence-corrected chi connectivity index (χ0v) is 12.1. The molecule has 0 radical (unpaired) electrons. The normalized spacial score (nSPS) is 10.8. The lowest BCUT2D eigenvalue weighted by Gasteiger charge is -2.06. The fraction of sp³-hybridized carbons (Fsp3) is 0.500. The Labute approximate surface area is 122 Å². The van der Waals surface area contributed by atoms with Gasteiger partial charge < -0.3 is 11.1 Å². The predicted octanol–water partition coefficient (Wildman–Crippen LogP) is 3.85. The van der Waals surface area contributed by atoms with E-state index in [2.05, 4.69) is 5.32 Å². The average molecular weight is 302 g/mol. The second-order valence-electron chi connectivity index (χ2n) is 4.40. The van der Waals surface area contributed by atoms with Gasteiger partial charge in [-0.15, -0.1) is 0 Å². The van der Waals surface area contributed by atoms with E-state index < -0.39 is 5.76 Å². The summed E-state index contributed by atoms with van der Waals surface area (Å²) in [5.41, 5.74) is 6.02. The average Bonchev–Trinajstić information content (AvgIpc) is 2.40. The van der Waals surface area contributed by atoms with Crippen molar-refractivity contribution in [1.29, 1.82) is 0 Å². The molecule has 3 nitrogen and oxygen atoms in total. The number of nitrogens with two attached hydrogens (primary N) is 1. The third-order valence-electron chi connectivity index (χ3n) is 2.72. The summed E-state index contributed by atoms with van der Waals surface area (Å²) in [5, 5.41) is 2.75. The minimum Gasteiger partial charge on any atom is -0.330 e. The Bertz CT molecular complexity index is 399. The summed E-state index contributed by atoms with van der Waals surface area (Å²) in [4.78, 5) is 12.1. The number of rotatable bonds is 9. The molecule has 0 aliphatic rings. The molecule has 3 N–H and O–H groups in total. The van der Waals surface area contributed by atoms with Crippen LogP contribution in [0.3, 0.4) is 0 Å². The highest BCUT2D eigenvalue weighted by atomic mass is 32.2. The smallest absolute Gasteiger partial charge is 0.288 e. The molecule has 0 aromatic heterocycles. The summed E-state index contributed by atoms with van der Waals surface area (Å²) in [6.07, 6.45) is 4.34. The number of alkyl halides is 2. The topological polar surface area (TPSA) is 55.1 Å². The Hall–Kier alpha value is -1.14. The van der Waals surface area contributed by atoms with Gasteiger partial charge in [0.25, 0.3) is 5.76 Å². The van der Waals surface area contributed by atoms with Crippen LogP contribution < -0.4 is 11.1 Å². The van der Waals surface area contributed by atoms with Crippen molar-refractivity contribution in [2.24, 2.45) is 5.73 Å². The van der Waals surface area contributed by atoms with E-state index in [1.165, 1.54) is 0 Å². The first-order valence-corrected chi connectivity index (χ1v) is 7.54. The highest BCUT2D eigenvalue weighted by Gasteiger charge is 2.06. The molecule has 0 bridgehead atoms. The molecule has 112 valence electrons. The molecule has 0 heterocycles. The summed E-state index contributed by atoms with van der Waals surface area (Å²) >= 11 is 0.491. The van der Waals surface area contributed by atoms with E-state index in [1.807, 2.05) is 0 Å². The number of hydrogen-bond donors (Lipinski definition) is 2. The van der Waals surface area contributed by atoms with Gasteiger partial charge in [0.05, 0.1) is 0 Å². The summed E-state index contributed by atoms with van der Waals surface area (Å²) in [5.74, 6) is -2.48. The van der Waals surface area contributed by atoms with Crippen LogP contribution in [0.4, 0.5) is 14.5 Å². The molecule has 0 saturated carbocycles. The van der Waals surface area contributed by atoms with Crippen LogP contribution in [0.5, 0.6) is 0 Å². The van der Waals surface area contributed by atoms with Crippen LogP contribution in [0.1, 0.15) is 32.1 Å². The number of benzene rings is 1. The first-order chi connectivity index (χ1) is 9.61. The van der Waals surface area contributed by atoms with Gasteiger partial charge in [-0.05, 0) is 43.7 Å². The van der Waals surface area contributed by atoms with Gasteiger partial charge in [-0.3, -0.25) is 4.79 Å². The molecule has 1 aromatic rings. The second-order valence-corrected chi connectivity index (χ2v) is 5.47. The van der Waals surface area contributed by atoms with Gasteiger partial charge in [-0.25, -0.2) is 0 Å². The second kappa shape index (κ2) is 9.72. The first-order valence-electron chi connectivity index (χ1n) is 6.66. The Balaban J connectivity index is 2.27. The Morgan fingerprint density at radius 2 is 1.80 bits per heavy atom. The number of carbonyl (C=O) groups excluding carboxylic acids is 1. The molecule has 1 amide bonds. The van der Waals surface area contributed by atoms with Crippen molar-refractivity contribution in [2.45, 2.75) is 42.8 Å². The third-order valence-corrected chi connectivity index (χ3v) is 3.44. The molecule has 0 aliphatic heterocycles. The summed E-state index contributed by atoms with van der Waals surface area (Å²) in [6.45, 7) is 0.690. The van der Waals surface area contributed by atoms with E-state index in [1.54, 1.807) is 24.3 Å². The molecule has 0 unspecified atom stereocenters. The lowest BCUT2D eigenvalue weighted by Crippen LogP contribution is -2.11. The molecule has 0 atom stereocenters. The molecule has 1 rings (SSSR count). The van der Waals surface area contributed by atoms with Crippen LogP contribution in [0.2, 0.25) is 0 Å². The number of halogens is 2. The molecular formula is C14H20F2N2OS. The van der Waals surface area contributed by atoms with E-state index in [-0.39, 0.29) is 5.91 Å². The van der Waals surface area contributed by atoms with Crippen LogP contribution in [0, 0.1) is 0 Å². The molecule has 0 saturated heterocycles. The maximum Gasteiger partial charge on any atom is 0.288 e. The number of hydrogen-bond acceptors (Lipinski definition) is 3. The van der Waals surface area contributed by atoms with E-state index in [0.29, 0.717) is 35.3 Å². The van der Waals surface area contributed by atoms with Crippen LogP contribution in [-0.2, 0) is 4.79 Å². The maximum absolute atomic E-state index is 12.1. The van der Waals surface area contributed by atoms with Gasteiger partial charge in [0, 0.05) is 17.0 Å². The number of unbranched alkanes of at least 4 members (excludes halogenated alkanes) is 3. The van der Waals surface area contributed by atoms with Crippen molar-refractivity contribution in [3.8, 4) is 0 Å². The number of amides is 1. The number of anilines is 1. The number of nitrogens with one attached hydrogen (secondary N) is 1. The van der Waals surface area contributed by atoms with Crippen LogP contribution in [-0.4, -0.2) is 18.2 Å². The minimum absolute atomic E-state index is 0.0491. The monoisotopic (exact) mass is 302 g/mol. The highest BCUT2D eigenvalue weighted by Crippen LogP contribution is 2.26. The van der Waals surface area contributed by atoms with Gasteiger partial charge in [0.1, 0.15) is 0 Å². The van der Waals surface area contributed by atoms with E-state index in [4.69, 9.17) is 5.73 Å². The van der Waals surface area contributed by atoms with Crippen LogP contribution in [0.15, 0.2) is 29.2 Å².